The topological polar surface area (TPSA) is 117 Å². The van der Waals surface area contributed by atoms with E-state index in [2.05, 4.69) is 25.8 Å². The number of aryl methyl sites for hydroxylation is 1. The van der Waals surface area contributed by atoms with Gasteiger partial charge in [0.05, 0.1) is 0 Å². The summed E-state index contributed by atoms with van der Waals surface area (Å²) in [6.07, 6.45) is 3.52. The van der Waals surface area contributed by atoms with Gasteiger partial charge in [-0.15, -0.1) is 0 Å². The van der Waals surface area contributed by atoms with Gasteiger partial charge in [-0.2, -0.15) is 0 Å². The Morgan fingerprint density at radius 1 is 1.35 bits per heavy atom. The van der Waals surface area contributed by atoms with Gasteiger partial charge in [-0.25, -0.2) is 9.67 Å². The number of imidazole rings is 1. The number of amides is 1. The van der Waals surface area contributed by atoms with E-state index < -0.39 is 0 Å². The van der Waals surface area contributed by atoms with Crippen molar-refractivity contribution < 1.29 is 4.79 Å². The smallest absolute Gasteiger partial charge is 0.242 e. The minimum absolute atomic E-state index is 0.0629. The lowest BCUT2D eigenvalue weighted by Crippen LogP contribution is -2.34. The highest BCUT2D eigenvalue weighted by Crippen LogP contribution is 2.20. The number of hydrogen-bond donors (Lipinski definition) is 2. The molecule has 1 atom stereocenters. The first kappa shape index (κ1) is 14.7. The first-order valence-corrected chi connectivity index (χ1v) is 6.98. The predicted molar refractivity (Wildman–Crippen MR) is 81.9 cm³/mol. The number of anilines is 1. The minimum Gasteiger partial charge on any atom is -0.367 e. The van der Waals surface area contributed by atoms with Gasteiger partial charge in [-0.1, -0.05) is 35.4 Å². The lowest BCUT2D eigenvalue weighted by molar-refractivity contribution is -0.122. The molecule has 0 aliphatic carbocycles. The number of hydrogen-bond acceptors (Lipinski definition) is 6. The van der Waals surface area contributed by atoms with E-state index in [1.165, 1.54) is 4.68 Å². The fraction of sp³-hybridized carbons (Fsp3) is 0.214. The van der Waals surface area contributed by atoms with Gasteiger partial charge in [-0.3, -0.25) is 4.79 Å². The van der Waals surface area contributed by atoms with Crippen molar-refractivity contribution in [1.82, 2.24) is 35.1 Å². The number of nitrogens with zero attached hydrogens (tertiary/aromatic N) is 6. The van der Waals surface area contributed by atoms with E-state index in [1.54, 1.807) is 6.20 Å². The highest BCUT2D eigenvalue weighted by molar-refractivity contribution is 5.76. The van der Waals surface area contributed by atoms with Crippen molar-refractivity contribution in [1.29, 1.82) is 0 Å². The molecule has 23 heavy (non-hydrogen) atoms. The molecule has 0 aliphatic rings. The van der Waals surface area contributed by atoms with Crippen molar-refractivity contribution in [2.45, 2.75) is 12.6 Å². The molecule has 0 saturated carbocycles. The molecule has 0 aliphatic heterocycles. The van der Waals surface area contributed by atoms with Crippen molar-refractivity contribution in [2.24, 2.45) is 7.05 Å². The van der Waals surface area contributed by atoms with E-state index in [9.17, 15) is 4.79 Å². The van der Waals surface area contributed by atoms with Crippen molar-refractivity contribution in [3.05, 3.63) is 54.1 Å². The quantitative estimate of drug-likeness (QED) is 0.679. The average Bonchev–Trinajstić information content (AvgIpc) is 3.15. The molecule has 9 nitrogen and oxygen atoms in total. The average molecular weight is 312 g/mol. The lowest BCUT2D eigenvalue weighted by atomic mass is 10.1. The number of nitrogens with one attached hydrogen (secondary N) is 1. The normalized spacial score (nSPS) is 12.0. The number of aromatic nitrogens is 6. The Labute approximate surface area is 132 Å². The van der Waals surface area contributed by atoms with Crippen LogP contribution >= 0.6 is 0 Å². The SMILES string of the molecule is Cn1ccnc1C(NC(=O)Cn1nnnc1N)c1ccccc1. The van der Waals surface area contributed by atoms with Gasteiger partial charge in [0.25, 0.3) is 0 Å². The summed E-state index contributed by atoms with van der Waals surface area (Å²) >= 11 is 0. The van der Waals surface area contributed by atoms with Crippen LogP contribution in [0.5, 0.6) is 0 Å². The van der Waals surface area contributed by atoms with Crippen LogP contribution in [0.25, 0.3) is 0 Å². The van der Waals surface area contributed by atoms with Crippen molar-refractivity contribution in [3.8, 4) is 0 Å². The van der Waals surface area contributed by atoms with Crippen LogP contribution in [-0.2, 0) is 18.4 Å². The summed E-state index contributed by atoms with van der Waals surface area (Å²) in [6, 6.07) is 9.24. The molecule has 3 rings (SSSR count). The van der Waals surface area contributed by atoms with Gasteiger partial charge < -0.3 is 15.6 Å². The van der Waals surface area contributed by atoms with Crippen molar-refractivity contribution in [2.75, 3.05) is 5.73 Å². The summed E-state index contributed by atoms with van der Waals surface area (Å²) in [5.41, 5.74) is 6.51. The predicted octanol–water partition coefficient (Wildman–Crippen LogP) is -0.105. The summed E-state index contributed by atoms with van der Waals surface area (Å²) in [4.78, 5) is 16.7. The molecule has 0 radical (unpaired) electrons. The summed E-state index contributed by atoms with van der Waals surface area (Å²) in [7, 11) is 1.88. The second-order valence-electron chi connectivity index (χ2n) is 5.00. The second kappa shape index (κ2) is 6.26. The van der Waals surface area contributed by atoms with Gasteiger partial charge in [0, 0.05) is 19.4 Å². The maximum absolute atomic E-state index is 12.3. The molecule has 2 aromatic heterocycles. The molecule has 0 saturated heterocycles. The first-order chi connectivity index (χ1) is 11.1. The van der Waals surface area contributed by atoms with Crippen LogP contribution in [0.3, 0.4) is 0 Å². The van der Waals surface area contributed by atoms with Crippen molar-refractivity contribution in [3.63, 3.8) is 0 Å². The molecule has 0 spiro atoms. The zero-order chi connectivity index (χ0) is 16.2. The maximum atomic E-state index is 12.3. The summed E-state index contributed by atoms with van der Waals surface area (Å²) < 4.78 is 3.10. The van der Waals surface area contributed by atoms with Crippen LogP contribution in [0.4, 0.5) is 5.95 Å². The van der Waals surface area contributed by atoms with Crippen LogP contribution < -0.4 is 11.1 Å². The summed E-state index contributed by atoms with van der Waals surface area (Å²) in [5, 5.41) is 13.6. The molecule has 1 aromatic carbocycles. The molecule has 9 heteroatoms. The highest BCUT2D eigenvalue weighted by Gasteiger charge is 2.21. The molecule has 1 unspecified atom stereocenters. The molecule has 3 aromatic rings. The second-order valence-corrected chi connectivity index (χ2v) is 5.00. The Hall–Kier alpha value is -3.23. The zero-order valence-corrected chi connectivity index (χ0v) is 12.5. The molecular weight excluding hydrogens is 296 g/mol. The third-order valence-corrected chi connectivity index (χ3v) is 3.41. The number of nitrogens with two attached hydrogens (primary N) is 1. The molecule has 0 fully saturated rings. The van der Waals surface area contributed by atoms with Crippen LogP contribution in [0, 0.1) is 0 Å². The van der Waals surface area contributed by atoms with Crippen LogP contribution in [-0.4, -0.2) is 35.7 Å². The fourth-order valence-electron chi connectivity index (χ4n) is 2.26. The standard InChI is InChI=1S/C14H16N8O/c1-21-8-7-16-13(21)12(10-5-3-2-4-6-10)17-11(23)9-22-14(15)18-19-20-22/h2-8,12H,9H2,1H3,(H,17,23)(H2,15,18,20). The lowest BCUT2D eigenvalue weighted by Gasteiger charge is -2.19. The Kier molecular flexibility index (Phi) is 4.00. The van der Waals surface area contributed by atoms with E-state index >= 15 is 0 Å². The van der Waals surface area contributed by atoms with E-state index in [1.807, 2.05) is 48.1 Å². The largest absolute Gasteiger partial charge is 0.367 e. The molecule has 3 N–H and O–H groups in total. The number of carbonyl (C=O) groups excluding carboxylic acids is 1. The van der Waals surface area contributed by atoms with Crippen LogP contribution in [0.15, 0.2) is 42.7 Å². The third-order valence-electron chi connectivity index (χ3n) is 3.41. The number of rotatable bonds is 5. The summed E-state index contributed by atoms with van der Waals surface area (Å²) in [6.45, 7) is -0.0629. The third kappa shape index (κ3) is 3.18. The Morgan fingerprint density at radius 2 is 2.13 bits per heavy atom. The van der Waals surface area contributed by atoms with Gasteiger partial charge in [0.2, 0.25) is 11.9 Å². The van der Waals surface area contributed by atoms with Gasteiger partial charge in [0.1, 0.15) is 18.4 Å². The van der Waals surface area contributed by atoms with Crippen LogP contribution in [0.2, 0.25) is 0 Å². The maximum Gasteiger partial charge on any atom is 0.242 e. The zero-order valence-electron chi connectivity index (χ0n) is 12.5. The Morgan fingerprint density at radius 3 is 2.74 bits per heavy atom. The van der Waals surface area contributed by atoms with Gasteiger partial charge >= 0.3 is 0 Å². The molecular formula is C14H16N8O. The van der Waals surface area contributed by atoms with Crippen LogP contribution in [0.1, 0.15) is 17.4 Å². The molecule has 118 valence electrons. The summed E-state index contributed by atoms with van der Waals surface area (Å²) in [5.74, 6) is 0.559. The fourth-order valence-corrected chi connectivity index (χ4v) is 2.26. The molecule has 1 amide bonds. The van der Waals surface area contributed by atoms with E-state index in [0.29, 0.717) is 0 Å². The highest BCUT2D eigenvalue weighted by atomic mass is 16.2. The van der Waals surface area contributed by atoms with Gasteiger partial charge in [0.15, 0.2) is 0 Å². The number of benzene rings is 1. The molecule has 2 heterocycles. The molecule has 0 bridgehead atoms. The van der Waals surface area contributed by atoms with Gasteiger partial charge in [-0.05, 0) is 16.0 Å². The van der Waals surface area contributed by atoms with E-state index in [0.717, 1.165) is 11.4 Å². The van der Waals surface area contributed by atoms with E-state index in [-0.39, 0.29) is 24.4 Å². The first-order valence-electron chi connectivity index (χ1n) is 6.98. The van der Waals surface area contributed by atoms with E-state index in [4.69, 9.17) is 5.73 Å². The number of nitrogen functional groups attached to an aromatic ring is 1. The van der Waals surface area contributed by atoms with Crippen molar-refractivity contribution >= 4 is 11.9 Å². The Balaban J connectivity index is 1.83. The Bertz CT molecular complexity index is 794. The number of carbonyl (C=O) groups is 1. The monoisotopic (exact) mass is 312 g/mol. The minimum atomic E-state index is -0.374. The number of tetrazole rings is 1.